The Bertz CT molecular complexity index is 1050. The maximum atomic E-state index is 13.8. The zero-order valence-electron chi connectivity index (χ0n) is 14.4. The number of Topliss-reactive ketones (excluding diaryl/α,β-unsaturated/α-hetero) is 1. The van der Waals surface area contributed by atoms with Crippen LogP contribution in [0.1, 0.15) is 46.7 Å². The number of ketones is 1. The second-order valence-corrected chi connectivity index (χ2v) is 7.29. The minimum absolute atomic E-state index is 0.0264. The predicted octanol–water partition coefficient (Wildman–Crippen LogP) is 3.28. The predicted molar refractivity (Wildman–Crippen MR) is 93.8 cm³/mol. The van der Waals surface area contributed by atoms with Crippen molar-refractivity contribution in [2.75, 3.05) is 5.32 Å². The molecule has 1 aliphatic rings. The second-order valence-electron chi connectivity index (χ2n) is 7.29. The summed E-state index contributed by atoms with van der Waals surface area (Å²) in [5, 5.41) is 6.80. The van der Waals surface area contributed by atoms with E-state index in [0.717, 1.165) is 5.69 Å². The topological polar surface area (TPSA) is 76.4 Å². The van der Waals surface area contributed by atoms with E-state index in [1.54, 1.807) is 16.6 Å². The molecule has 26 heavy (non-hydrogen) atoms. The number of halogens is 1. The molecule has 1 N–H and O–H groups in total. The Kier molecular flexibility index (Phi) is 3.61. The maximum Gasteiger partial charge on any atom is 0.261 e. The van der Waals surface area contributed by atoms with Crippen LogP contribution in [0.25, 0.3) is 5.65 Å². The van der Waals surface area contributed by atoms with E-state index in [4.69, 9.17) is 0 Å². The van der Waals surface area contributed by atoms with E-state index in [9.17, 15) is 14.0 Å². The third kappa shape index (κ3) is 2.65. The van der Waals surface area contributed by atoms with Crippen LogP contribution in [0.4, 0.5) is 10.1 Å². The molecular weight excluding hydrogens is 335 g/mol. The maximum absolute atomic E-state index is 13.8. The Labute approximate surface area is 149 Å². The molecule has 1 aromatic carbocycles. The van der Waals surface area contributed by atoms with Crippen molar-refractivity contribution in [2.45, 2.75) is 26.7 Å². The minimum Gasteiger partial charge on any atom is -0.319 e. The average Bonchev–Trinajstić information content (AvgIpc) is 3.00. The Morgan fingerprint density at radius 1 is 1.23 bits per heavy atom. The number of carbonyl (C=O) groups excluding carboxylic acids is 2. The molecule has 1 aliphatic carbocycles. The molecule has 0 saturated carbocycles. The van der Waals surface area contributed by atoms with Gasteiger partial charge in [0.1, 0.15) is 11.4 Å². The lowest BCUT2D eigenvalue weighted by Gasteiger charge is -2.29. The number of benzene rings is 1. The van der Waals surface area contributed by atoms with Crippen molar-refractivity contribution >= 4 is 23.0 Å². The van der Waals surface area contributed by atoms with Gasteiger partial charge < -0.3 is 5.32 Å². The van der Waals surface area contributed by atoms with Crippen LogP contribution in [0.5, 0.6) is 0 Å². The normalized spacial score (nSPS) is 15.7. The van der Waals surface area contributed by atoms with Gasteiger partial charge in [0.25, 0.3) is 5.91 Å². The number of amides is 1. The largest absolute Gasteiger partial charge is 0.319 e. The molecule has 1 amide bonds. The number of anilines is 1. The number of para-hydroxylation sites is 1. The Morgan fingerprint density at radius 2 is 2.00 bits per heavy atom. The van der Waals surface area contributed by atoms with E-state index in [1.165, 1.54) is 24.5 Å². The first-order valence-electron chi connectivity index (χ1n) is 8.30. The Morgan fingerprint density at radius 3 is 2.77 bits per heavy atom. The van der Waals surface area contributed by atoms with Gasteiger partial charge >= 0.3 is 0 Å². The molecule has 0 spiro atoms. The number of hydrogen-bond acceptors (Lipinski definition) is 4. The van der Waals surface area contributed by atoms with Gasteiger partial charge in [-0.1, -0.05) is 26.0 Å². The quantitative estimate of drug-likeness (QED) is 0.768. The lowest BCUT2D eigenvalue weighted by Crippen LogP contribution is -2.29. The molecule has 2 heterocycles. The van der Waals surface area contributed by atoms with Crippen LogP contribution in [0.2, 0.25) is 0 Å². The fraction of sp³-hybridized carbons (Fsp3) is 0.263. The fourth-order valence-electron chi connectivity index (χ4n) is 3.34. The van der Waals surface area contributed by atoms with E-state index in [1.807, 2.05) is 13.8 Å². The summed E-state index contributed by atoms with van der Waals surface area (Å²) in [6, 6.07) is 5.94. The van der Waals surface area contributed by atoms with E-state index in [0.29, 0.717) is 24.1 Å². The number of nitrogens with zero attached hydrogens (tertiary/aromatic N) is 3. The molecule has 132 valence electrons. The van der Waals surface area contributed by atoms with E-state index >= 15 is 0 Å². The molecule has 0 bridgehead atoms. The van der Waals surface area contributed by atoms with Gasteiger partial charge in [-0.3, -0.25) is 9.59 Å². The molecule has 0 saturated heterocycles. The van der Waals surface area contributed by atoms with Crippen molar-refractivity contribution in [1.29, 1.82) is 0 Å². The first kappa shape index (κ1) is 16.4. The van der Waals surface area contributed by atoms with Crippen LogP contribution in [0, 0.1) is 11.2 Å². The summed E-state index contributed by atoms with van der Waals surface area (Å²) in [6.07, 6.45) is 4.01. The lowest BCUT2D eigenvalue weighted by atomic mass is 9.76. The van der Waals surface area contributed by atoms with Crippen molar-refractivity contribution in [3.05, 3.63) is 59.3 Å². The Hall–Kier alpha value is -3.09. The molecule has 0 radical (unpaired) electrons. The van der Waals surface area contributed by atoms with Gasteiger partial charge in [-0.05, 0) is 24.0 Å². The number of nitrogens with one attached hydrogen (secondary N) is 1. The number of fused-ring (bicyclic) bond motifs is 3. The standard InChI is InChI=1S/C19H17FN4O2/c1-19(2)7-15-11(16(25)8-19)9-21-17-12(10-22-24(15)17)18(26)23-14-6-4-3-5-13(14)20/h3-6,9-10H,7-8H2,1-2H3,(H,23,26). The average molecular weight is 352 g/mol. The van der Waals surface area contributed by atoms with Crippen LogP contribution in [0.15, 0.2) is 36.7 Å². The van der Waals surface area contributed by atoms with Crippen LogP contribution in [0.3, 0.4) is 0 Å². The first-order chi connectivity index (χ1) is 12.4. The first-order valence-corrected chi connectivity index (χ1v) is 8.30. The lowest BCUT2D eigenvalue weighted by molar-refractivity contribution is 0.0908. The summed E-state index contributed by atoms with van der Waals surface area (Å²) in [5.74, 6) is -0.993. The van der Waals surface area contributed by atoms with E-state index in [-0.39, 0.29) is 22.4 Å². The molecule has 2 aromatic heterocycles. The molecule has 6 nitrogen and oxygen atoms in total. The van der Waals surface area contributed by atoms with Gasteiger partial charge in [0, 0.05) is 12.6 Å². The molecule has 7 heteroatoms. The fourth-order valence-corrected chi connectivity index (χ4v) is 3.34. The Balaban J connectivity index is 1.76. The number of carbonyl (C=O) groups is 2. The summed E-state index contributed by atoms with van der Waals surface area (Å²) >= 11 is 0. The van der Waals surface area contributed by atoms with Gasteiger partial charge in [0.2, 0.25) is 0 Å². The highest BCUT2D eigenvalue weighted by Crippen LogP contribution is 2.34. The van der Waals surface area contributed by atoms with Crippen LogP contribution >= 0.6 is 0 Å². The third-order valence-corrected chi connectivity index (χ3v) is 4.58. The summed E-state index contributed by atoms with van der Waals surface area (Å²) < 4.78 is 15.3. The van der Waals surface area contributed by atoms with Crippen LogP contribution < -0.4 is 5.32 Å². The zero-order chi connectivity index (χ0) is 18.5. The van der Waals surface area contributed by atoms with Gasteiger partial charge in [0.15, 0.2) is 11.4 Å². The summed E-state index contributed by atoms with van der Waals surface area (Å²) in [5.41, 5.74) is 1.78. The highest BCUT2D eigenvalue weighted by atomic mass is 19.1. The van der Waals surface area contributed by atoms with Gasteiger partial charge in [0.05, 0.1) is 23.1 Å². The van der Waals surface area contributed by atoms with Crippen molar-refractivity contribution < 1.29 is 14.0 Å². The summed E-state index contributed by atoms with van der Waals surface area (Å²) in [6.45, 7) is 4.05. The SMILES string of the molecule is CC1(C)CC(=O)c2cnc3c(C(=O)Nc4ccccc4F)cnn3c2C1. The molecule has 0 aliphatic heterocycles. The minimum atomic E-state index is -0.519. The molecule has 0 unspecified atom stereocenters. The van der Waals surface area contributed by atoms with Crippen LogP contribution in [-0.4, -0.2) is 26.3 Å². The van der Waals surface area contributed by atoms with Gasteiger partial charge in [-0.25, -0.2) is 13.9 Å². The zero-order valence-corrected chi connectivity index (χ0v) is 14.4. The molecule has 3 aromatic rings. The summed E-state index contributed by atoms with van der Waals surface area (Å²) in [4.78, 5) is 29.2. The van der Waals surface area contributed by atoms with E-state index < -0.39 is 11.7 Å². The van der Waals surface area contributed by atoms with E-state index in [2.05, 4.69) is 15.4 Å². The number of aromatic nitrogens is 3. The number of rotatable bonds is 2. The van der Waals surface area contributed by atoms with Crippen molar-refractivity contribution in [1.82, 2.24) is 14.6 Å². The molecule has 0 atom stereocenters. The smallest absolute Gasteiger partial charge is 0.261 e. The van der Waals surface area contributed by atoms with Crippen molar-refractivity contribution in [3.63, 3.8) is 0 Å². The monoisotopic (exact) mass is 352 g/mol. The number of hydrogen-bond donors (Lipinski definition) is 1. The highest BCUT2D eigenvalue weighted by molar-refractivity contribution is 6.08. The van der Waals surface area contributed by atoms with Crippen LogP contribution in [-0.2, 0) is 6.42 Å². The molecule has 0 fully saturated rings. The van der Waals surface area contributed by atoms with Gasteiger partial charge in [-0.15, -0.1) is 0 Å². The van der Waals surface area contributed by atoms with Gasteiger partial charge in [-0.2, -0.15) is 5.10 Å². The van der Waals surface area contributed by atoms with Crippen molar-refractivity contribution in [3.8, 4) is 0 Å². The molecule has 4 rings (SSSR count). The summed E-state index contributed by atoms with van der Waals surface area (Å²) in [7, 11) is 0. The second kappa shape index (κ2) is 5.72. The third-order valence-electron chi connectivity index (χ3n) is 4.58. The van der Waals surface area contributed by atoms with Crippen molar-refractivity contribution in [2.24, 2.45) is 5.41 Å². The highest BCUT2D eigenvalue weighted by Gasteiger charge is 2.33. The molecular formula is C19H17FN4O2.